The number of likely N-dealkylation sites (tertiary alicyclic amines) is 1. The minimum Gasteiger partial charge on any atom is -0.395 e. The highest BCUT2D eigenvalue weighted by Gasteiger charge is 2.10. The number of aromatic amines is 1. The smallest absolute Gasteiger partial charge is 0.0945 e. The topological polar surface area (TPSA) is 581 Å². The van der Waals surface area contributed by atoms with Crippen LogP contribution >= 0.6 is 0 Å². The predicted molar refractivity (Wildman–Crippen MR) is 464 cm³/mol. The first kappa shape index (κ1) is 122. The zero-order chi connectivity index (χ0) is 83.4. The van der Waals surface area contributed by atoms with Crippen LogP contribution in [0.3, 0.4) is 0 Å². The number of aliphatic hydroxyl groups excluding tert-OH is 4. The molecule has 0 radical (unpaired) electrons. The second-order valence-corrected chi connectivity index (χ2v) is 25.8. The number of aryl methyl sites for hydroxylation is 1. The molecule has 0 aromatic carbocycles. The number of piperidine rings is 1. The maximum atomic E-state index is 8.61. The third-order valence-corrected chi connectivity index (χ3v) is 15.5. The van der Waals surface area contributed by atoms with Crippen molar-refractivity contribution in [2.45, 2.75) is 117 Å². The Labute approximate surface area is 666 Å². The van der Waals surface area contributed by atoms with Crippen LogP contribution in [-0.2, 0) is 22.4 Å². The number of likely N-dealkylation sites (N-methyl/N-ethyl adjacent to an activating group) is 2. The molecule has 0 spiro atoms. The number of morpholine rings is 2. The van der Waals surface area contributed by atoms with E-state index in [9.17, 15) is 0 Å². The van der Waals surface area contributed by atoms with Gasteiger partial charge in [-0.15, -0.1) is 0 Å². The number of aromatic nitrogens is 4. The number of hydrogen-bond donors (Lipinski definition) is 23. The highest BCUT2D eigenvalue weighted by molar-refractivity contribution is 4.94. The van der Waals surface area contributed by atoms with Gasteiger partial charge in [0.2, 0.25) is 0 Å². The van der Waals surface area contributed by atoms with E-state index in [0.29, 0.717) is 45.8 Å². The van der Waals surface area contributed by atoms with Gasteiger partial charge in [0.05, 0.1) is 65.5 Å². The van der Waals surface area contributed by atoms with Crippen LogP contribution in [-0.4, -0.2) is 411 Å². The lowest BCUT2D eigenvalue weighted by molar-refractivity contribution is 0.0377. The average molecular weight is 1580 g/mol. The van der Waals surface area contributed by atoms with Crippen LogP contribution < -0.4 is 102 Å². The first-order valence-electron chi connectivity index (χ1n) is 41.0. The lowest BCUT2D eigenvalue weighted by Crippen LogP contribution is -2.39. The Balaban J connectivity index is -0.000000170. The van der Waals surface area contributed by atoms with Crippen LogP contribution in [0, 0.1) is 0 Å². The van der Waals surface area contributed by atoms with Crippen LogP contribution in [0.4, 0.5) is 0 Å². The summed E-state index contributed by atoms with van der Waals surface area (Å²) in [6.07, 6.45) is 24.0. The number of nitrogens with one attached hydrogen (secondary N) is 5. The lowest BCUT2D eigenvalue weighted by Gasteiger charge is -2.26. The lowest BCUT2D eigenvalue weighted by atomic mass is 10.1. The molecule has 3 saturated heterocycles. The highest BCUT2D eigenvalue weighted by Crippen LogP contribution is 2.07. The van der Waals surface area contributed by atoms with Gasteiger partial charge in [-0.05, 0) is 224 Å². The van der Waals surface area contributed by atoms with Crippen LogP contribution in [0.25, 0.3) is 0 Å². The maximum Gasteiger partial charge on any atom is 0.0945 e. The first-order chi connectivity index (χ1) is 53.0. The molecular weight excluding hydrogens is 1390 g/mol. The summed E-state index contributed by atoms with van der Waals surface area (Å²) in [6, 6.07) is 0.287. The number of nitrogens with zero attached hydrogens (tertiary/aromatic N) is 10. The molecule has 2 aromatic rings. The Morgan fingerprint density at radius 3 is 1.25 bits per heavy atom. The zero-order valence-corrected chi connectivity index (χ0v) is 71.3. The van der Waals surface area contributed by atoms with Crippen molar-refractivity contribution >= 4 is 0 Å². The summed E-state index contributed by atoms with van der Waals surface area (Å²) < 4.78 is 12.4. The number of imidazole rings is 2. The Kier molecular flexibility index (Phi) is 127. The van der Waals surface area contributed by atoms with E-state index in [-0.39, 0.29) is 32.5 Å². The van der Waals surface area contributed by atoms with Gasteiger partial charge in [-0.3, -0.25) is 19.6 Å². The molecule has 3 aliphatic heterocycles. The Morgan fingerprint density at radius 1 is 0.450 bits per heavy atom. The van der Waals surface area contributed by atoms with Gasteiger partial charge in [-0.25, -0.2) is 9.97 Å². The van der Waals surface area contributed by atoms with E-state index in [1.165, 1.54) is 45.2 Å². The Hall–Kier alpha value is -2.82. The predicted octanol–water partition coefficient (Wildman–Crippen LogP) is -5.12. The standard InChI is InChI=1S/C7H19N3.C7H18N2O2.C7H16N2O.C7H16N2.C7H18N2.C6H11N3.C6H16N2O2.C6H14N2O.C5H9N3.C5H14N2.2C4H12N2.C3H10N2/c8-4-2-1-3-6-10-7-5-9;8-2-1-3-9(4-6-10)5-7-11;8-2-1-3-9-4-6-10-7-5-9;8-4-7-9-5-2-1-3-6-9;1-3-9(4-2)7-5-6-8;7-2-1-4-9-5-3-8-6-9;7-1-2-8(3-5-9)4-6-10;7-1-2-8-3-5-9-6-4-8;6-2-1-5-3-7-4-8-5;1-7(2)5-3-4-6;1-4(5)3-6-2;1-6-4-2-3-5;1-5-3-2-4/h10H,1-9H2;10-11H,1-8H2;1-8H2;1-8H2;3-8H2,1-2H3;3,5-6H,1-2,4,7H2;9-10H,1-7H2;1-7H2;3-4H,1-2,6H2,(H,7,8);3-6H2,1-2H3;4,6H,3,5H2,1-2H3;6H,2-5H2,1H3;5H,2-4H2,1H3. The van der Waals surface area contributed by atoms with E-state index in [1.54, 1.807) is 25.0 Å². The fourth-order valence-corrected chi connectivity index (χ4v) is 9.32. The molecule has 35 nitrogen and oxygen atoms in total. The summed E-state index contributed by atoms with van der Waals surface area (Å²) in [5.41, 5.74) is 75.3. The van der Waals surface area contributed by atoms with E-state index >= 15 is 0 Å². The minimum atomic E-state index is 0.125. The summed E-state index contributed by atoms with van der Waals surface area (Å²) in [6.45, 7) is 44.7. The molecule has 35 heteroatoms. The van der Waals surface area contributed by atoms with Gasteiger partial charge in [0.25, 0.3) is 0 Å². The van der Waals surface area contributed by atoms with Crippen LogP contribution in [0.2, 0.25) is 0 Å². The molecule has 2 aromatic heterocycles. The van der Waals surface area contributed by atoms with Crippen molar-refractivity contribution in [3.8, 4) is 0 Å². The maximum absolute atomic E-state index is 8.61. The Morgan fingerprint density at radius 2 is 0.908 bits per heavy atom. The second kappa shape index (κ2) is 114. The molecule has 3 aliphatic rings. The van der Waals surface area contributed by atoms with Gasteiger partial charge in [-0.2, -0.15) is 0 Å². The molecule has 1 unspecified atom stereocenters. The summed E-state index contributed by atoms with van der Waals surface area (Å²) in [7, 11) is 9.80. The van der Waals surface area contributed by atoms with Crippen molar-refractivity contribution in [2.24, 2.45) is 80.3 Å². The van der Waals surface area contributed by atoms with E-state index in [4.69, 9.17) is 110 Å². The van der Waals surface area contributed by atoms with Gasteiger partial charge < -0.3 is 156 Å². The molecule has 109 heavy (non-hydrogen) atoms. The molecule has 0 saturated carbocycles. The average Bonchev–Trinajstić information content (AvgIpc) is 1.14. The van der Waals surface area contributed by atoms with Gasteiger partial charge in [0, 0.05) is 168 Å². The summed E-state index contributed by atoms with van der Waals surface area (Å²) in [5.74, 6) is 0. The number of ether oxygens (including phenoxy) is 2. The van der Waals surface area contributed by atoms with Crippen molar-refractivity contribution in [2.75, 3.05) is 330 Å². The quantitative estimate of drug-likeness (QED) is 0.0276. The van der Waals surface area contributed by atoms with Gasteiger partial charge >= 0.3 is 0 Å². The number of rotatable bonds is 47. The van der Waals surface area contributed by atoms with Crippen LogP contribution in [0.5, 0.6) is 0 Å². The van der Waals surface area contributed by atoms with Crippen molar-refractivity contribution < 1.29 is 29.9 Å². The number of hydrogen-bond acceptors (Lipinski definition) is 33. The number of H-pyrrole nitrogens is 1. The normalized spacial score (nSPS) is 13.4. The van der Waals surface area contributed by atoms with Crippen molar-refractivity contribution in [1.29, 1.82) is 0 Å². The van der Waals surface area contributed by atoms with E-state index in [1.807, 2.05) is 48.6 Å². The molecule has 0 bridgehead atoms. The summed E-state index contributed by atoms with van der Waals surface area (Å²) in [5, 5.41) is 46.3. The molecule has 0 aliphatic carbocycles. The second-order valence-electron chi connectivity index (χ2n) is 25.8. The van der Waals surface area contributed by atoms with Crippen molar-refractivity contribution in [3.63, 3.8) is 0 Å². The third-order valence-electron chi connectivity index (χ3n) is 15.5. The van der Waals surface area contributed by atoms with Gasteiger partial charge in [0.1, 0.15) is 0 Å². The summed E-state index contributed by atoms with van der Waals surface area (Å²) in [4.78, 5) is 26.3. The zero-order valence-electron chi connectivity index (χ0n) is 71.3. The molecule has 0 amide bonds. The van der Waals surface area contributed by atoms with E-state index in [0.717, 1.165) is 273 Å². The Bertz CT molecular complexity index is 1660. The number of aliphatic hydroxyl groups is 4. The van der Waals surface area contributed by atoms with Gasteiger partial charge in [0.15, 0.2) is 0 Å². The van der Waals surface area contributed by atoms with Crippen molar-refractivity contribution in [1.82, 2.24) is 75.1 Å². The molecule has 37 N–H and O–H groups in total. The SMILES string of the molecule is CCN(CC)CCCN.CN(C)CCCN.CNCC(C)N.CNCCCN.CNCCN.NCCCCCNCCN.NCCCN(CCO)CCO.NCCCN1CCOCC1.NCCCn1ccnc1.NCCN(CCO)CCO.NCCN1CCCCC1.NCCN1CCOCC1.NCCc1cnc[nH]1. The van der Waals surface area contributed by atoms with Gasteiger partial charge in [-0.1, -0.05) is 26.7 Å². The molecule has 5 heterocycles. The minimum absolute atomic E-state index is 0.125. The first-order valence-corrected chi connectivity index (χ1v) is 41.0. The molecule has 662 valence electrons. The molecule has 5 rings (SSSR count). The monoisotopic (exact) mass is 1580 g/mol. The van der Waals surface area contributed by atoms with Crippen molar-refractivity contribution in [3.05, 3.63) is 36.9 Å². The highest BCUT2D eigenvalue weighted by atomic mass is 16.5. The molecule has 1 atom stereocenters. The number of nitrogens with two attached hydrogens (primary N) is 14. The summed E-state index contributed by atoms with van der Waals surface area (Å²) >= 11 is 0. The van der Waals surface area contributed by atoms with E-state index in [2.05, 4.69) is 88.7 Å². The fraction of sp³-hybridized carbons (Fsp3) is 0.919. The van der Waals surface area contributed by atoms with Crippen LogP contribution in [0.15, 0.2) is 31.2 Å². The largest absolute Gasteiger partial charge is 0.395 e. The fourth-order valence-electron chi connectivity index (χ4n) is 9.32. The third kappa shape index (κ3) is 116. The number of unbranched alkanes of at least 4 members (excludes halogenated alkanes) is 2. The molecule has 3 fully saturated rings. The van der Waals surface area contributed by atoms with Crippen LogP contribution in [0.1, 0.15) is 104 Å². The molecular formula is C74H185N29O6. The van der Waals surface area contributed by atoms with E-state index < -0.39 is 0 Å².